The van der Waals surface area contributed by atoms with Crippen LogP contribution in [-0.2, 0) is 0 Å². The summed E-state index contributed by atoms with van der Waals surface area (Å²) < 4.78 is 7.95. The number of ether oxygens (including phenoxy) is 1. The van der Waals surface area contributed by atoms with E-state index in [0.717, 1.165) is 22.6 Å². The molecule has 118 valence electrons. The molecule has 0 saturated carbocycles. The molecule has 0 amide bonds. The largest absolute Gasteiger partial charge is 0.454 e. The number of hydrogen-bond donors (Lipinski definition) is 0. The molecule has 0 N–H and O–H groups in total. The lowest BCUT2D eigenvalue weighted by molar-refractivity contribution is 0.202. The summed E-state index contributed by atoms with van der Waals surface area (Å²) in [5.74, 6) is 0. The van der Waals surface area contributed by atoms with Crippen LogP contribution in [0.3, 0.4) is 0 Å². The molecule has 3 heterocycles. The van der Waals surface area contributed by atoms with Crippen LogP contribution in [0.15, 0.2) is 73.2 Å². The highest BCUT2D eigenvalue weighted by molar-refractivity contribution is 5.58. The SMILES string of the molecule is CC(Oc1nccc(-c2ccccc2)n1)c1cnc2ccccn12. The van der Waals surface area contributed by atoms with E-state index in [1.807, 2.05) is 78.3 Å². The van der Waals surface area contributed by atoms with Gasteiger partial charge in [0.05, 0.1) is 17.6 Å². The number of pyridine rings is 1. The maximum atomic E-state index is 5.95. The first kappa shape index (κ1) is 14.4. The Labute approximate surface area is 139 Å². The van der Waals surface area contributed by atoms with E-state index >= 15 is 0 Å². The summed E-state index contributed by atoms with van der Waals surface area (Å²) in [6.07, 6.45) is 5.29. The summed E-state index contributed by atoms with van der Waals surface area (Å²) in [5.41, 5.74) is 3.72. The Bertz CT molecular complexity index is 965. The molecule has 0 bridgehead atoms. The van der Waals surface area contributed by atoms with Crippen LogP contribution in [-0.4, -0.2) is 19.4 Å². The van der Waals surface area contributed by atoms with Crippen LogP contribution in [0.1, 0.15) is 18.7 Å². The van der Waals surface area contributed by atoms with Crippen LogP contribution in [0.25, 0.3) is 16.9 Å². The molecule has 1 aromatic carbocycles. The fourth-order valence-corrected chi connectivity index (χ4v) is 2.64. The van der Waals surface area contributed by atoms with Crippen molar-refractivity contribution in [2.75, 3.05) is 0 Å². The second kappa shape index (κ2) is 6.12. The normalized spacial score (nSPS) is 12.2. The summed E-state index contributed by atoms with van der Waals surface area (Å²) in [7, 11) is 0. The topological polar surface area (TPSA) is 52.3 Å². The quantitative estimate of drug-likeness (QED) is 0.572. The molecule has 0 radical (unpaired) electrons. The number of fused-ring (bicyclic) bond motifs is 1. The van der Waals surface area contributed by atoms with E-state index in [1.54, 1.807) is 6.20 Å². The van der Waals surface area contributed by atoms with E-state index in [9.17, 15) is 0 Å². The molecule has 0 aliphatic rings. The molecule has 5 nitrogen and oxygen atoms in total. The Morgan fingerprint density at radius 1 is 0.958 bits per heavy atom. The molecule has 0 aliphatic carbocycles. The summed E-state index contributed by atoms with van der Waals surface area (Å²) in [6.45, 7) is 1.97. The van der Waals surface area contributed by atoms with Gasteiger partial charge in [0, 0.05) is 18.0 Å². The Hall–Kier alpha value is -3.21. The lowest BCUT2D eigenvalue weighted by Gasteiger charge is -2.13. The highest BCUT2D eigenvalue weighted by Gasteiger charge is 2.14. The van der Waals surface area contributed by atoms with E-state index in [4.69, 9.17) is 4.74 Å². The van der Waals surface area contributed by atoms with Gasteiger partial charge in [-0.15, -0.1) is 0 Å². The fraction of sp³-hybridized carbons (Fsp3) is 0.105. The van der Waals surface area contributed by atoms with Gasteiger partial charge in [-0.05, 0) is 25.1 Å². The number of nitrogens with zero attached hydrogens (tertiary/aromatic N) is 4. The van der Waals surface area contributed by atoms with Crippen molar-refractivity contribution in [2.24, 2.45) is 0 Å². The predicted octanol–water partition coefficient (Wildman–Crippen LogP) is 3.93. The summed E-state index contributed by atoms with van der Waals surface area (Å²) >= 11 is 0. The first-order valence-corrected chi connectivity index (χ1v) is 7.78. The second-order valence-corrected chi connectivity index (χ2v) is 5.46. The van der Waals surface area contributed by atoms with Crippen molar-refractivity contribution >= 4 is 5.65 Å². The van der Waals surface area contributed by atoms with Crippen molar-refractivity contribution in [1.29, 1.82) is 0 Å². The van der Waals surface area contributed by atoms with Crippen LogP contribution in [0.4, 0.5) is 0 Å². The van der Waals surface area contributed by atoms with Crippen LogP contribution in [0.2, 0.25) is 0 Å². The minimum atomic E-state index is -0.214. The number of benzene rings is 1. The molecule has 3 aromatic heterocycles. The van der Waals surface area contributed by atoms with Crippen molar-refractivity contribution in [1.82, 2.24) is 19.4 Å². The molecule has 0 spiro atoms. The molecular weight excluding hydrogens is 300 g/mol. The van der Waals surface area contributed by atoms with Crippen molar-refractivity contribution < 1.29 is 4.74 Å². The molecule has 4 rings (SSSR count). The maximum absolute atomic E-state index is 5.95. The lowest BCUT2D eigenvalue weighted by atomic mass is 10.1. The molecule has 1 unspecified atom stereocenters. The molecule has 4 aromatic rings. The zero-order chi connectivity index (χ0) is 16.4. The van der Waals surface area contributed by atoms with Gasteiger partial charge in [0.25, 0.3) is 0 Å². The van der Waals surface area contributed by atoms with E-state index in [-0.39, 0.29) is 6.10 Å². The van der Waals surface area contributed by atoms with Crippen molar-refractivity contribution in [3.8, 4) is 17.3 Å². The van der Waals surface area contributed by atoms with Gasteiger partial charge in [0.2, 0.25) is 0 Å². The number of imidazole rings is 1. The maximum Gasteiger partial charge on any atom is 0.317 e. The van der Waals surface area contributed by atoms with Gasteiger partial charge in [-0.3, -0.25) is 0 Å². The van der Waals surface area contributed by atoms with Crippen molar-refractivity contribution in [3.63, 3.8) is 0 Å². The standard InChI is InChI=1S/C19H16N4O/c1-14(17-13-21-18-9-5-6-12-23(17)18)24-19-20-11-10-16(22-19)15-7-3-2-4-8-15/h2-14H,1H3. The van der Waals surface area contributed by atoms with Gasteiger partial charge in [0.15, 0.2) is 0 Å². The predicted molar refractivity (Wildman–Crippen MR) is 91.7 cm³/mol. The Morgan fingerprint density at radius 2 is 1.79 bits per heavy atom. The summed E-state index contributed by atoms with van der Waals surface area (Å²) in [5, 5.41) is 0. The number of aromatic nitrogens is 4. The minimum Gasteiger partial charge on any atom is -0.454 e. The minimum absolute atomic E-state index is 0.214. The first-order chi connectivity index (χ1) is 11.8. The Balaban J connectivity index is 1.61. The first-order valence-electron chi connectivity index (χ1n) is 7.78. The van der Waals surface area contributed by atoms with Crippen molar-refractivity contribution in [2.45, 2.75) is 13.0 Å². The Morgan fingerprint density at radius 3 is 2.67 bits per heavy atom. The van der Waals surface area contributed by atoms with Crippen LogP contribution in [0.5, 0.6) is 6.01 Å². The number of hydrogen-bond acceptors (Lipinski definition) is 4. The van der Waals surface area contributed by atoms with E-state index in [2.05, 4.69) is 15.0 Å². The third-order valence-corrected chi connectivity index (χ3v) is 3.85. The fourth-order valence-electron chi connectivity index (χ4n) is 2.64. The van der Waals surface area contributed by atoms with E-state index in [1.165, 1.54) is 0 Å². The summed E-state index contributed by atoms with van der Waals surface area (Å²) in [6, 6.07) is 18.1. The average molecular weight is 316 g/mol. The third-order valence-electron chi connectivity index (χ3n) is 3.85. The molecule has 0 fully saturated rings. The van der Waals surface area contributed by atoms with E-state index in [0.29, 0.717) is 6.01 Å². The lowest BCUT2D eigenvalue weighted by Crippen LogP contribution is -2.08. The molecule has 5 heteroatoms. The van der Waals surface area contributed by atoms with Gasteiger partial charge in [-0.1, -0.05) is 36.4 Å². The zero-order valence-electron chi connectivity index (χ0n) is 13.2. The molecule has 24 heavy (non-hydrogen) atoms. The Kier molecular flexibility index (Phi) is 3.67. The van der Waals surface area contributed by atoms with Gasteiger partial charge >= 0.3 is 6.01 Å². The number of rotatable bonds is 4. The average Bonchev–Trinajstić information content (AvgIpc) is 3.07. The highest BCUT2D eigenvalue weighted by atomic mass is 16.5. The molecular formula is C19H16N4O. The van der Waals surface area contributed by atoms with Crippen molar-refractivity contribution in [3.05, 3.63) is 78.9 Å². The monoisotopic (exact) mass is 316 g/mol. The van der Waals surface area contributed by atoms with Crippen LogP contribution in [0, 0.1) is 0 Å². The van der Waals surface area contributed by atoms with E-state index < -0.39 is 0 Å². The molecule has 1 atom stereocenters. The molecule has 0 saturated heterocycles. The van der Waals surface area contributed by atoms with Crippen LogP contribution < -0.4 is 4.74 Å². The van der Waals surface area contributed by atoms with Gasteiger partial charge < -0.3 is 9.14 Å². The van der Waals surface area contributed by atoms with Crippen LogP contribution >= 0.6 is 0 Å². The third kappa shape index (κ3) is 2.72. The van der Waals surface area contributed by atoms with Gasteiger partial charge in [-0.25, -0.2) is 9.97 Å². The molecule has 0 aliphatic heterocycles. The second-order valence-electron chi connectivity index (χ2n) is 5.46. The highest BCUT2D eigenvalue weighted by Crippen LogP contribution is 2.22. The zero-order valence-corrected chi connectivity index (χ0v) is 13.2. The van der Waals surface area contributed by atoms with Gasteiger partial charge in [-0.2, -0.15) is 4.98 Å². The summed E-state index contributed by atoms with van der Waals surface area (Å²) in [4.78, 5) is 13.1. The van der Waals surface area contributed by atoms with Gasteiger partial charge in [0.1, 0.15) is 11.8 Å². The smallest absolute Gasteiger partial charge is 0.317 e.